The molecule has 2 aromatic heterocycles. The van der Waals surface area contributed by atoms with Crippen molar-refractivity contribution < 1.29 is 9.21 Å². The lowest BCUT2D eigenvalue weighted by Crippen LogP contribution is -2.29. The Morgan fingerprint density at radius 3 is 2.95 bits per heavy atom. The van der Waals surface area contributed by atoms with E-state index in [9.17, 15) is 4.79 Å². The van der Waals surface area contributed by atoms with Crippen LogP contribution in [0.5, 0.6) is 0 Å². The smallest absolute Gasteiger partial charge is 0.274 e. The Kier molecular flexibility index (Phi) is 5.49. The van der Waals surface area contributed by atoms with Gasteiger partial charge in [0.05, 0.1) is 6.04 Å². The van der Waals surface area contributed by atoms with Crippen LogP contribution in [0.25, 0.3) is 0 Å². The summed E-state index contributed by atoms with van der Waals surface area (Å²) < 4.78 is 5.22. The van der Waals surface area contributed by atoms with Gasteiger partial charge in [0.15, 0.2) is 12.1 Å². The van der Waals surface area contributed by atoms with Gasteiger partial charge in [-0.05, 0) is 18.1 Å². The number of aryl methyl sites for hydroxylation is 1. The monoisotopic (exact) mass is 287 g/mol. The van der Waals surface area contributed by atoms with E-state index in [1.165, 1.54) is 6.39 Å². The van der Waals surface area contributed by atoms with Gasteiger partial charge in [-0.25, -0.2) is 4.98 Å². The van der Waals surface area contributed by atoms with Gasteiger partial charge in [-0.2, -0.15) is 0 Å². The average Bonchev–Trinajstić information content (AvgIpc) is 3.00. The van der Waals surface area contributed by atoms with E-state index < -0.39 is 0 Å². The molecule has 0 unspecified atom stereocenters. The molecule has 0 aliphatic carbocycles. The van der Waals surface area contributed by atoms with Crippen LogP contribution in [0.3, 0.4) is 0 Å². The number of nitrogens with one attached hydrogen (secondary N) is 1. The van der Waals surface area contributed by atoms with Crippen LogP contribution >= 0.6 is 0 Å². The number of oxazole rings is 1. The molecule has 0 spiro atoms. The van der Waals surface area contributed by atoms with Crippen molar-refractivity contribution >= 4 is 5.91 Å². The van der Waals surface area contributed by atoms with Crippen LogP contribution in [0.1, 0.15) is 61.0 Å². The summed E-state index contributed by atoms with van der Waals surface area (Å²) >= 11 is 0. The molecule has 2 aromatic rings. The first-order valence-electron chi connectivity index (χ1n) is 7.39. The van der Waals surface area contributed by atoms with E-state index in [1.807, 2.05) is 19.1 Å². The number of unbranched alkanes of at least 4 members (excludes halogenated alkanes) is 1. The maximum absolute atomic E-state index is 12.4. The number of rotatable bonds is 7. The van der Waals surface area contributed by atoms with Gasteiger partial charge in [0.1, 0.15) is 5.76 Å². The molecule has 1 N–H and O–H groups in total. The third-order valence-electron chi connectivity index (χ3n) is 3.42. The molecule has 0 aliphatic heterocycles. The molecule has 0 saturated carbocycles. The molecule has 0 saturated heterocycles. The summed E-state index contributed by atoms with van der Waals surface area (Å²) in [5.74, 6) is 0.429. The number of aromatic nitrogens is 2. The van der Waals surface area contributed by atoms with Gasteiger partial charge < -0.3 is 9.73 Å². The van der Waals surface area contributed by atoms with Crippen molar-refractivity contribution in [3.05, 3.63) is 47.9 Å². The Hall–Kier alpha value is -2.17. The van der Waals surface area contributed by atoms with E-state index in [-0.39, 0.29) is 11.9 Å². The van der Waals surface area contributed by atoms with Gasteiger partial charge >= 0.3 is 0 Å². The Bertz CT molecular complexity index is 566. The zero-order valence-corrected chi connectivity index (χ0v) is 12.5. The minimum absolute atomic E-state index is 0.0486. The number of nitrogens with zero attached hydrogens (tertiary/aromatic N) is 2. The molecule has 5 heteroatoms. The van der Waals surface area contributed by atoms with E-state index in [2.05, 4.69) is 22.2 Å². The zero-order valence-electron chi connectivity index (χ0n) is 12.5. The molecule has 0 bridgehead atoms. The summed E-state index contributed by atoms with van der Waals surface area (Å²) in [7, 11) is 0. The highest BCUT2D eigenvalue weighted by Gasteiger charge is 2.20. The summed E-state index contributed by atoms with van der Waals surface area (Å²) in [6.45, 7) is 4.07. The quantitative estimate of drug-likeness (QED) is 0.848. The molecule has 21 heavy (non-hydrogen) atoms. The topological polar surface area (TPSA) is 68.0 Å². The van der Waals surface area contributed by atoms with Crippen LogP contribution < -0.4 is 5.32 Å². The molecule has 0 radical (unpaired) electrons. The molecule has 1 amide bonds. The van der Waals surface area contributed by atoms with Crippen LogP contribution in [0.2, 0.25) is 0 Å². The van der Waals surface area contributed by atoms with Gasteiger partial charge in [0.2, 0.25) is 0 Å². The zero-order chi connectivity index (χ0) is 15.1. The number of pyridine rings is 1. The number of hydrogen-bond donors (Lipinski definition) is 1. The fourth-order valence-corrected chi connectivity index (χ4v) is 2.25. The molecule has 0 aliphatic rings. The van der Waals surface area contributed by atoms with E-state index in [1.54, 1.807) is 12.4 Å². The first-order valence-corrected chi connectivity index (χ1v) is 7.39. The van der Waals surface area contributed by atoms with Crippen molar-refractivity contribution in [2.75, 3.05) is 0 Å². The van der Waals surface area contributed by atoms with Crippen molar-refractivity contribution in [3.8, 4) is 0 Å². The third kappa shape index (κ3) is 3.90. The van der Waals surface area contributed by atoms with Gasteiger partial charge in [-0.1, -0.05) is 32.8 Å². The fraction of sp³-hybridized carbons (Fsp3) is 0.438. The molecule has 0 fully saturated rings. The molecule has 1 atom stereocenters. The van der Waals surface area contributed by atoms with E-state index in [4.69, 9.17) is 4.42 Å². The average molecular weight is 287 g/mol. The highest BCUT2D eigenvalue weighted by Crippen LogP contribution is 2.19. The molecule has 2 heterocycles. The van der Waals surface area contributed by atoms with Crippen molar-refractivity contribution in [3.63, 3.8) is 0 Å². The minimum atomic E-state index is -0.189. The molecular formula is C16H21N3O2. The Labute approximate surface area is 124 Å². The molecule has 112 valence electrons. The Morgan fingerprint density at radius 2 is 2.29 bits per heavy atom. The third-order valence-corrected chi connectivity index (χ3v) is 3.42. The normalized spacial score (nSPS) is 12.1. The van der Waals surface area contributed by atoms with Crippen LogP contribution in [-0.2, 0) is 6.42 Å². The lowest BCUT2D eigenvalue weighted by molar-refractivity contribution is 0.0927. The van der Waals surface area contributed by atoms with Gasteiger partial charge in [0.25, 0.3) is 5.91 Å². The van der Waals surface area contributed by atoms with Crippen molar-refractivity contribution in [2.24, 2.45) is 0 Å². The van der Waals surface area contributed by atoms with Gasteiger partial charge in [0, 0.05) is 18.8 Å². The van der Waals surface area contributed by atoms with Crippen molar-refractivity contribution in [1.29, 1.82) is 0 Å². The number of carbonyl (C=O) groups excluding carboxylic acids is 1. The minimum Gasteiger partial charge on any atom is -0.448 e. The summed E-state index contributed by atoms with van der Waals surface area (Å²) in [5, 5.41) is 3.04. The summed E-state index contributed by atoms with van der Waals surface area (Å²) in [5.41, 5.74) is 1.39. The molecule has 0 aromatic carbocycles. The Balaban J connectivity index is 2.13. The largest absolute Gasteiger partial charge is 0.448 e. The van der Waals surface area contributed by atoms with Crippen LogP contribution in [0, 0.1) is 0 Å². The highest BCUT2D eigenvalue weighted by atomic mass is 16.3. The lowest BCUT2D eigenvalue weighted by atomic mass is 10.0. The fourth-order valence-electron chi connectivity index (χ4n) is 2.25. The molecule has 5 nitrogen and oxygen atoms in total. The maximum atomic E-state index is 12.4. The SMILES string of the molecule is CCCC[C@@H](NC(=O)c1ncoc1CC)c1cccnc1. The second-order valence-electron chi connectivity index (χ2n) is 4.93. The van der Waals surface area contributed by atoms with Gasteiger partial charge in [-0.15, -0.1) is 0 Å². The maximum Gasteiger partial charge on any atom is 0.274 e. The number of hydrogen-bond acceptors (Lipinski definition) is 4. The van der Waals surface area contributed by atoms with Crippen molar-refractivity contribution in [2.45, 2.75) is 45.6 Å². The van der Waals surface area contributed by atoms with E-state index >= 15 is 0 Å². The van der Waals surface area contributed by atoms with E-state index in [0.29, 0.717) is 17.9 Å². The summed E-state index contributed by atoms with van der Waals surface area (Å²) in [6, 6.07) is 3.82. The molecular weight excluding hydrogens is 266 g/mol. The summed E-state index contributed by atoms with van der Waals surface area (Å²) in [6.07, 6.45) is 8.50. The first kappa shape index (κ1) is 15.2. The van der Waals surface area contributed by atoms with Crippen LogP contribution in [-0.4, -0.2) is 15.9 Å². The predicted molar refractivity (Wildman–Crippen MR) is 79.9 cm³/mol. The lowest BCUT2D eigenvalue weighted by Gasteiger charge is -2.18. The predicted octanol–water partition coefficient (Wildman–Crippen LogP) is 3.29. The van der Waals surface area contributed by atoms with Crippen LogP contribution in [0.15, 0.2) is 35.3 Å². The standard InChI is InChI=1S/C16H21N3O2/c1-3-5-8-13(12-7-6-9-17-10-12)19-16(20)15-14(4-2)21-11-18-15/h6-7,9-11,13H,3-5,8H2,1-2H3,(H,19,20)/t13-/m1/s1. The highest BCUT2D eigenvalue weighted by molar-refractivity contribution is 5.93. The second-order valence-corrected chi connectivity index (χ2v) is 4.93. The van der Waals surface area contributed by atoms with Gasteiger partial charge in [-0.3, -0.25) is 9.78 Å². The van der Waals surface area contributed by atoms with Crippen molar-refractivity contribution in [1.82, 2.24) is 15.3 Å². The van der Waals surface area contributed by atoms with Crippen LogP contribution in [0.4, 0.5) is 0 Å². The first-order chi connectivity index (χ1) is 10.3. The Morgan fingerprint density at radius 1 is 1.43 bits per heavy atom. The number of amides is 1. The summed E-state index contributed by atoms with van der Waals surface area (Å²) in [4.78, 5) is 20.5. The number of carbonyl (C=O) groups is 1. The molecule has 2 rings (SSSR count). The second kappa shape index (κ2) is 7.57. The van der Waals surface area contributed by atoms with E-state index in [0.717, 1.165) is 24.8 Å².